The first kappa shape index (κ1) is 22.5. The van der Waals surface area contributed by atoms with Crippen molar-refractivity contribution in [3.05, 3.63) is 23.8 Å². The van der Waals surface area contributed by atoms with Crippen molar-refractivity contribution in [3.63, 3.8) is 0 Å². The van der Waals surface area contributed by atoms with Crippen LogP contribution in [0.4, 0.5) is 0 Å². The molecule has 1 unspecified atom stereocenters. The van der Waals surface area contributed by atoms with E-state index in [-0.39, 0.29) is 30.3 Å². The minimum atomic E-state index is -0.866. The molecule has 0 radical (unpaired) electrons. The van der Waals surface area contributed by atoms with Crippen LogP contribution in [0, 0.1) is 5.41 Å². The lowest BCUT2D eigenvalue weighted by atomic mass is 9.71. The number of carbonyl (C=O) groups excluding carboxylic acids is 1. The number of halogens is 1. The van der Waals surface area contributed by atoms with Crippen molar-refractivity contribution in [1.82, 2.24) is 5.32 Å². The van der Waals surface area contributed by atoms with Crippen molar-refractivity contribution in [1.29, 1.82) is 0 Å². The minimum Gasteiger partial charge on any atom is -0.497 e. The molecule has 1 aromatic rings. The maximum atomic E-state index is 12.4. The van der Waals surface area contributed by atoms with Gasteiger partial charge in [0.15, 0.2) is 0 Å². The maximum Gasteiger partial charge on any atom is 0.220 e. The highest BCUT2D eigenvalue weighted by Crippen LogP contribution is 2.38. The van der Waals surface area contributed by atoms with Gasteiger partial charge in [-0.25, -0.2) is 0 Å². The first-order chi connectivity index (χ1) is 12.0. The lowest BCUT2D eigenvalue weighted by molar-refractivity contribution is -0.124. The van der Waals surface area contributed by atoms with Gasteiger partial charge in [-0.15, -0.1) is 12.4 Å². The monoisotopic (exact) mass is 386 g/mol. The Labute approximate surface area is 161 Å². The van der Waals surface area contributed by atoms with Gasteiger partial charge in [-0.05, 0) is 43.0 Å². The van der Waals surface area contributed by atoms with Gasteiger partial charge < -0.3 is 25.6 Å². The first-order valence-electron chi connectivity index (χ1n) is 8.90. The number of aliphatic hydroxyl groups is 1. The lowest BCUT2D eigenvalue weighted by Crippen LogP contribution is -2.39. The zero-order chi connectivity index (χ0) is 18.3. The molecular formula is C19H31ClN2O4. The zero-order valence-corrected chi connectivity index (χ0v) is 16.4. The summed E-state index contributed by atoms with van der Waals surface area (Å²) in [5.74, 6) is 1.13. The molecule has 148 valence electrons. The molecule has 0 aromatic heterocycles. The Hall–Kier alpha value is -1.50. The molecule has 26 heavy (non-hydrogen) atoms. The second kappa shape index (κ2) is 10.6. The van der Waals surface area contributed by atoms with Crippen molar-refractivity contribution >= 4 is 18.3 Å². The summed E-state index contributed by atoms with van der Waals surface area (Å²) in [5, 5.41) is 13.3. The van der Waals surface area contributed by atoms with E-state index < -0.39 is 6.10 Å². The summed E-state index contributed by atoms with van der Waals surface area (Å²) in [6.07, 6.45) is 5.05. The van der Waals surface area contributed by atoms with Crippen LogP contribution >= 0.6 is 12.4 Å². The van der Waals surface area contributed by atoms with Gasteiger partial charge in [0.05, 0.1) is 20.3 Å². The normalized spacial score (nSPS) is 16.9. The van der Waals surface area contributed by atoms with Gasteiger partial charge in [0.2, 0.25) is 5.91 Å². The highest BCUT2D eigenvalue weighted by atomic mass is 35.5. The van der Waals surface area contributed by atoms with E-state index in [1.54, 1.807) is 32.4 Å². The summed E-state index contributed by atoms with van der Waals surface area (Å²) in [6.45, 7) is 0.662. The van der Waals surface area contributed by atoms with Gasteiger partial charge in [-0.3, -0.25) is 4.79 Å². The van der Waals surface area contributed by atoms with Gasteiger partial charge in [-0.1, -0.05) is 19.3 Å². The van der Waals surface area contributed by atoms with E-state index in [0.717, 1.165) is 25.7 Å². The van der Waals surface area contributed by atoms with Crippen LogP contribution in [0.15, 0.2) is 18.2 Å². The SMILES string of the molecule is COc1ccc(OC)c(C(O)CNC(=O)CC2(CN)CCCCC2)c1.Cl. The number of rotatable bonds is 8. The Morgan fingerprint density at radius 1 is 1.27 bits per heavy atom. The van der Waals surface area contributed by atoms with E-state index in [2.05, 4.69) is 5.32 Å². The maximum absolute atomic E-state index is 12.4. The fourth-order valence-corrected chi connectivity index (χ4v) is 3.58. The topological polar surface area (TPSA) is 93.8 Å². The molecular weight excluding hydrogens is 356 g/mol. The Morgan fingerprint density at radius 3 is 2.54 bits per heavy atom. The molecule has 1 aromatic carbocycles. The number of amides is 1. The fourth-order valence-electron chi connectivity index (χ4n) is 3.58. The van der Waals surface area contributed by atoms with Crippen LogP contribution in [-0.4, -0.2) is 38.3 Å². The number of nitrogens with two attached hydrogens (primary N) is 1. The van der Waals surface area contributed by atoms with Crippen LogP contribution in [0.5, 0.6) is 11.5 Å². The van der Waals surface area contributed by atoms with E-state index in [4.69, 9.17) is 15.2 Å². The molecule has 2 rings (SSSR count). The number of hydrogen-bond donors (Lipinski definition) is 3. The van der Waals surface area contributed by atoms with Gasteiger partial charge in [0.1, 0.15) is 11.5 Å². The third-order valence-corrected chi connectivity index (χ3v) is 5.17. The second-order valence-electron chi connectivity index (χ2n) is 6.87. The molecule has 1 saturated carbocycles. The molecule has 1 atom stereocenters. The largest absolute Gasteiger partial charge is 0.497 e. The van der Waals surface area contributed by atoms with Crippen LogP contribution in [0.1, 0.15) is 50.2 Å². The predicted molar refractivity (Wildman–Crippen MR) is 104 cm³/mol. The number of hydrogen-bond acceptors (Lipinski definition) is 5. The lowest BCUT2D eigenvalue weighted by Gasteiger charge is -2.35. The Morgan fingerprint density at radius 2 is 1.96 bits per heavy atom. The average molecular weight is 387 g/mol. The molecule has 0 spiro atoms. The van der Waals surface area contributed by atoms with Crippen molar-refractivity contribution in [2.75, 3.05) is 27.3 Å². The van der Waals surface area contributed by atoms with Crippen LogP contribution in [0.2, 0.25) is 0 Å². The molecule has 0 heterocycles. The number of methoxy groups -OCH3 is 2. The summed E-state index contributed by atoms with van der Waals surface area (Å²) in [4.78, 5) is 12.4. The molecule has 0 bridgehead atoms. The standard InChI is InChI=1S/C19H30N2O4.ClH/c1-24-14-6-7-17(25-2)15(10-14)16(22)12-21-18(23)11-19(13-20)8-4-3-5-9-19;/h6-7,10,16,22H,3-5,8-9,11-13,20H2,1-2H3,(H,21,23);1H. The van der Waals surface area contributed by atoms with Gasteiger partial charge >= 0.3 is 0 Å². The molecule has 6 nitrogen and oxygen atoms in total. The summed E-state index contributed by atoms with van der Waals surface area (Å²) in [5.41, 5.74) is 6.45. The van der Waals surface area contributed by atoms with Crippen LogP contribution in [0.3, 0.4) is 0 Å². The molecule has 0 aliphatic heterocycles. The quantitative estimate of drug-likeness (QED) is 0.638. The highest BCUT2D eigenvalue weighted by Gasteiger charge is 2.33. The second-order valence-corrected chi connectivity index (χ2v) is 6.87. The fraction of sp³-hybridized carbons (Fsp3) is 0.632. The van der Waals surface area contributed by atoms with Crippen molar-refractivity contribution in [2.45, 2.75) is 44.6 Å². The smallest absolute Gasteiger partial charge is 0.220 e. The van der Waals surface area contributed by atoms with Crippen molar-refractivity contribution in [2.24, 2.45) is 11.1 Å². The minimum absolute atomic E-state index is 0. The van der Waals surface area contributed by atoms with Crippen LogP contribution in [-0.2, 0) is 4.79 Å². The Bertz CT molecular complexity index is 577. The number of aliphatic hydroxyl groups excluding tert-OH is 1. The predicted octanol–water partition coefficient (Wildman–Crippen LogP) is 2.57. The molecule has 1 aliphatic rings. The third-order valence-electron chi connectivity index (χ3n) is 5.17. The average Bonchev–Trinajstić information content (AvgIpc) is 2.66. The van der Waals surface area contributed by atoms with Gasteiger partial charge in [-0.2, -0.15) is 0 Å². The molecule has 1 aliphatic carbocycles. The Balaban J connectivity index is 0.00000338. The van der Waals surface area contributed by atoms with E-state index >= 15 is 0 Å². The van der Waals surface area contributed by atoms with E-state index in [1.165, 1.54) is 6.42 Å². The molecule has 7 heteroatoms. The Kier molecular flexibility index (Phi) is 9.19. The summed E-state index contributed by atoms with van der Waals surface area (Å²) in [7, 11) is 3.11. The first-order valence-corrected chi connectivity index (χ1v) is 8.90. The zero-order valence-electron chi connectivity index (χ0n) is 15.6. The van der Waals surface area contributed by atoms with Crippen molar-refractivity contribution in [3.8, 4) is 11.5 Å². The molecule has 0 saturated heterocycles. The molecule has 1 amide bonds. The number of nitrogens with one attached hydrogen (secondary N) is 1. The summed E-state index contributed by atoms with van der Waals surface area (Å²) >= 11 is 0. The van der Waals surface area contributed by atoms with Gasteiger partial charge in [0.25, 0.3) is 0 Å². The molecule has 1 fully saturated rings. The summed E-state index contributed by atoms with van der Waals surface area (Å²) in [6, 6.07) is 5.23. The third kappa shape index (κ3) is 5.76. The van der Waals surface area contributed by atoms with E-state index in [1.807, 2.05) is 0 Å². The summed E-state index contributed by atoms with van der Waals surface area (Å²) < 4.78 is 10.5. The van der Waals surface area contributed by atoms with E-state index in [9.17, 15) is 9.90 Å². The van der Waals surface area contributed by atoms with Crippen LogP contribution in [0.25, 0.3) is 0 Å². The number of carbonyl (C=O) groups is 1. The number of benzene rings is 1. The van der Waals surface area contributed by atoms with Crippen molar-refractivity contribution < 1.29 is 19.4 Å². The van der Waals surface area contributed by atoms with Gasteiger partial charge in [0, 0.05) is 18.5 Å². The van der Waals surface area contributed by atoms with E-state index in [0.29, 0.717) is 30.0 Å². The highest BCUT2D eigenvalue weighted by molar-refractivity contribution is 5.85. The number of ether oxygens (including phenoxy) is 2. The van der Waals surface area contributed by atoms with Crippen LogP contribution < -0.4 is 20.5 Å². The molecule has 4 N–H and O–H groups in total.